The third kappa shape index (κ3) is 4.24. The van der Waals surface area contributed by atoms with Gasteiger partial charge in [0.05, 0.1) is 28.9 Å². The van der Waals surface area contributed by atoms with Crippen molar-refractivity contribution in [2.45, 2.75) is 13.8 Å². The van der Waals surface area contributed by atoms with Crippen molar-refractivity contribution in [2.24, 2.45) is 5.10 Å². The summed E-state index contributed by atoms with van der Waals surface area (Å²) >= 11 is 1.45. The standard InChI is InChI=1S/C23H15FN6OS/c1-13-7-16(10-25)8-14(2)20(13)31-22-21-19(5-6-32-21)28-23(29-22)30-27-12-15-3-4-17(11-26)18(24)9-15/h3-9,12H,1-2H3,(H,28,29,30)/b27-12+. The van der Waals surface area contributed by atoms with Crippen molar-refractivity contribution in [1.29, 1.82) is 10.5 Å². The zero-order chi connectivity index (χ0) is 22.7. The summed E-state index contributed by atoms with van der Waals surface area (Å²) in [7, 11) is 0. The average Bonchev–Trinajstić information content (AvgIpc) is 3.25. The maximum atomic E-state index is 13.8. The highest BCUT2D eigenvalue weighted by atomic mass is 32.1. The number of benzene rings is 2. The van der Waals surface area contributed by atoms with Crippen LogP contribution in [0.3, 0.4) is 0 Å². The molecule has 0 bridgehead atoms. The molecule has 32 heavy (non-hydrogen) atoms. The van der Waals surface area contributed by atoms with E-state index in [4.69, 9.17) is 15.3 Å². The van der Waals surface area contributed by atoms with Gasteiger partial charge in [-0.15, -0.1) is 11.3 Å². The Bertz CT molecular complexity index is 1420. The number of hydrazone groups is 1. The van der Waals surface area contributed by atoms with Gasteiger partial charge in [0.1, 0.15) is 22.3 Å². The van der Waals surface area contributed by atoms with Crippen molar-refractivity contribution in [3.8, 4) is 23.8 Å². The summed E-state index contributed by atoms with van der Waals surface area (Å²) in [6.45, 7) is 3.74. The summed E-state index contributed by atoms with van der Waals surface area (Å²) in [5.74, 6) is 0.583. The van der Waals surface area contributed by atoms with E-state index in [0.29, 0.717) is 28.3 Å². The summed E-state index contributed by atoms with van der Waals surface area (Å²) in [5.41, 5.74) is 6.07. The predicted octanol–water partition coefficient (Wildman–Crippen LogP) is 5.43. The fourth-order valence-electron chi connectivity index (χ4n) is 3.10. The first-order valence-corrected chi connectivity index (χ1v) is 10.3. The van der Waals surface area contributed by atoms with Crippen LogP contribution in [-0.2, 0) is 0 Å². The largest absolute Gasteiger partial charge is 0.437 e. The summed E-state index contributed by atoms with van der Waals surface area (Å²) in [6, 6.07) is 13.5. The van der Waals surface area contributed by atoms with Crippen LogP contribution in [0.15, 0.2) is 46.9 Å². The lowest BCUT2D eigenvalue weighted by molar-refractivity contribution is 0.462. The SMILES string of the molecule is Cc1cc(C#N)cc(C)c1Oc1nc(N/N=C/c2ccc(C#N)c(F)c2)nc2ccsc12. The molecule has 2 heterocycles. The topological polar surface area (TPSA) is 107 Å². The zero-order valence-electron chi connectivity index (χ0n) is 17.0. The third-order valence-electron chi connectivity index (χ3n) is 4.55. The molecule has 9 heteroatoms. The van der Waals surface area contributed by atoms with E-state index in [1.807, 2.05) is 25.3 Å². The highest BCUT2D eigenvalue weighted by Gasteiger charge is 2.14. The zero-order valence-corrected chi connectivity index (χ0v) is 17.9. The molecule has 4 rings (SSSR count). The van der Waals surface area contributed by atoms with Crippen molar-refractivity contribution in [3.05, 3.63) is 75.4 Å². The monoisotopic (exact) mass is 442 g/mol. The van der Waals surface area contributed by atoms with Crippen molar-refractivity contribution in [3.63, 3.8) is 0 Å². The molecule has 2 aromatic heterocycles. The fraction of sp³-hybridized carbons (Fsp3) is 0.0870. The minimum absolute atomic E-state index is 0.0310. The maximum absolute atomic E-state index is 13.8. The van der Waals surface area contributed by atoms with Crippen LogP contribution in [0.5, 0.6) is 11.6 Å². The number of fused-ring (bicyclic) bond motifs is 1. The number of hydrogen-bond donors (Lipinski definition) is 1. The Morgan fingerprint density at radius 1 is 1.09 bits per heavy atom. The molecule has 0 fully saturated rings. The molecule has 156 valence electrons. The van der Waals surface area contributed by atoms with E-state index in [0.717, 1.165) is 15.8 Å². The molecule has 0 aliphatic heterocycles. The van der Waals surface area contributed by atoms with E-state index in [1.165, 1.54) is 29.7 Å². The average molecular weight is 442 g/mol. The maximum Gasteiger partial charge on any atom is 0.247 e. The van der Waals surface area contributed by atoms with Crippen LogP contribution in [-0.4, -0.2) is 16.2 Å². The molecule has 2 aromatic carbocycles. The van der Waals surface area contributed by atoms with Gasteiger partial charge in [0.15, 0.2) is 0 Å². The Morgan fingerprint density at radius 2 is 1.88 bits per heavy atom. The van der Waals surface area contributed by atoms with E-state index in [1.54, 1.807) is 24.3 Å². The highest BCUT2D eigenvalue weighted by molar-refractivity contribution is 7.17. The Kier molecular flexibility index (Phi) is 5.75. The van der Waals surface area contributed by atoms with Crippen LogP contribution in [0.4, 0.5) is 10.3 Å². The molecular formula is C23H15FN6OS. The molecule has 0 unspecified atom stereocenters. The first-order valence-electron chi connectivity index (χ1n) is 9.41. The first kappa shape index (κ1) is 20.9. The quantitative estimate of drug-likeness (QED) is 0.326. The van der Waals surface area contributed by atoms with Gasteiger partial charge in [-0.05, 0) is 66.2 Å². The van der Waals surface area contributed by atoms with Crippen molar-refractivity contribution < 1.29 is 9.13 Å². The molecule has 0 aliphatic rings. The minimum atomic E-state index is -0.615. The van der Waals surface area contributed by atoms with Gasteiger partial charge in [-0.25, -0.2) is 14.8 Å². The van der Waals surface area contributed by atoms with Crippen LogP contribution in [0.1, 0.15) is 27.8 Å². The lowest BCUT2D eigenvalue weighted by atomic mass is 10.1. The molecule has 0 saturated carbocycles. The number of thiophene rings is 1. The molecular weight excluding hydrogens is 427 g/mol. The van der Waals surface area contributed by atoms with Crippen molar-refractivity contribution >= 4 is 33.7 Å². The van der Waals surface area contributed by atoms with Gasteiger partial charge in [0.25, 0.3) is 0 Å². The normalized spacial score (nSPS) is 10.8. The van der Waals surface area contributed by atoms with Gasteiger partial charge in [-0.2, -0.15) is 20.6 Å². The smallest absolute Gasteiger partial charge is 0.247 e. The number of nitrogens with one attached hydrogen (secondary N) is 1. The van der Waals surface area contributed by atoms with Gasteiger partial charge >= 0.3 is 0 Å². The molecule has 0 saturated heterocycles. The number of nitriles is 2. The first-order chi connectivity index (χ1) is 15.5. The number of rotatable bonds is 5. The summed E-state index contributed by atoms with van der Waals surface area (Å²) in [4.78, 5) is 8.86. The van der Waals surface area contributed by atoms with Gasteiger partial charge in [0, 0.05) is 0 Å². The molecule has 0 radical (unpaired) electrons. The molecule has 0 aliphatic carbocycles. The van der Waals surface area contributed by atoms with Crippen LogP contribution in [0, 0.1) is 42.3 Å². The second-order valence-corrected chi connectivity index (χ2v) is 7.78. The number of halogens is 1. The molecule has 0 atom stereocenters. The van der Waals surface area contributed by atoms with Gasteiger partial charge in [-0.1, -0.05) is 6.07 Å². The second-order valence-electron chi connectivity index (χ2n) is 6.86. The van der Waals surface area contributed by atoms with E-state index in [9.17, 15) is 4.39 Å². The summed E-state index contributed by atoms with van der Waals surface area (Å²) in [5, 5.41) is 23.9. The summed E-state index contributed by atoms with van der Waals surface area (Å²) < 4.78 is 20.7. The minimum Gasteiger partial charge on any atom is -0.437 e. The Morgan fingerprint density at radius 3 is 2.56 bits per heavy atom. The van der Waals surface area contributed by atoms with Crippen molar-refractivity contribution in [1.82, 2.24) is 9.97 Å². The van der Waals surface area contributed by atoms with Crippen LogP contribution in [0.25, 0.3) is 10.2 Å². The summed E-state index contributed by atoms with van der Waals surface area (Å²) in [6.07, 6.45) is 1.40. The van der Waals surface area contributed by atoms with Crippen LogP contribution < -0.4 is 10.2 Å². The van der Waals surface area contributed by atoms with E-state index < -0.39 is 5.82 Å². The number of hydrogen-bond acceptors (Lipinski definition) is 8. The Hall–Kier alpha value is -4.34. The number of aromatic nitrogens is 2. The van der Waals surface area contributed by atoms with E-state index >= 15 is 0 Å². The fourth-order valence-corrected chi connectivity index (χ4v) is 3.85. The predicted molar refractivity (Wildman–Crippen MR) is 120 cm³/mol. The van der Waals surface area contributed by atoms with Gasteiger partial charge < -0.3 is 4.74 Å². The Labute approximate surface area is 187 Å². The highest BCUT2D eigenvalue weighted by Crippen LogP contribution is 2.35. The van der Waals surface area contributed by atoms with Gasteiger partial charge in [-0.3, -0.25) is 0 Å². The van der Waals surface area contributed by atoms with Crippen LogP contribution in [0.2, 0.25) is 0 Å². The van der Waals surface area contributed by atoms with Crippen LogP contribution >= 0.6 is 11.3 Å². The molecule has 7 nitrogen and oxygen atoms in total. The number of nitrogens with zero attached hydrogens (tertiary/aromatic N) is 5. The molecule has 4 aromatic rings. The number of aryl methyl sites for hydroxylation is 2. The lowest BCUT2D eigenvalue weighted by Crippen LogP contribution is -2.00. The second kappa shape index (κ2) is 8.80. The molecule has 1 N–H and O–H groups in total. The van der Waals surface area contributed by atoms with E-state index in [-0.39, 0.29) is 11.5 Å². The van der Waals surface area contributed by atoms with Gasteiger partial charge in [0.2, 0.25) is 11.8 Å². The third-order valence-corrected chi connectivity index (χ3v) is 5.44. The molecule has 0 spiro atoms. The number of anilines is 1. The van der Waals surface area contributed by atoms with Crippen molar-refractivity contribution in [2.75, 3.05) is 5.43 Å². The Balaban J connectivity index is 1.62. The molecule has 0 amide bonds. The number of ether oxygens (including phenoxy) is 1. The van der Waals surface area contributed by atoms with E-state index in [2.05, 4.69) is 26.6 Å². The lowest BCUT2D eigenvalue weighted by Gasteiger charge is -2.12.